The van der Waals surface area contributed by atoms with Gasteiger partial charge >= 0.3 is 0 Å². The molecule has 0 aliphatic carbocycles. The largest absolute Gasteiger partial charge is 0.480 e. The van der Waals surface area contributed by atoms with E-state index in [1.807, 2.05) is 41.8 Å². The third kappa shape index (κ3) is 4.59. The first kappa shape index (κ1) is 23.0. The van der Waals surface area contributed by atoms with Crippen LogP contribution >= 0.6 is 0 Å². The number of nitrogens with zero attached hydrogens (tertiary/aromatic N) is 4. The number of rotatable bonds is 7. The highest BCUT2D eigenvalue weighted by atomic mass is 16.5. The highest BCUT2D eigenvalue weighted by Gasteiger charge is 2.37. The molecule has 2 aliphatic rings. The zero-order chi connectivity index (χ0) is 23.7. The Hall–Kier alpha value is -2.76. The molecule has 0 amide bonds. The third-order valence-electron chi connectivity index (χ3n) is 6.40. The minimum Gasteiger partial charge on any atom is -0.480 e. The van der Waals surface area contributed by atoms with E-state index in [9.17, 15) is 10.2 Å². The number of fused-ring (bicyclic) bond motifs is 1. The van der Waals surface area contributed by atoms with Crippen molar-refractivity contribution in [2.75, 3.05) is 45.3 Å². The van der Waals surface area contributed by atoms with Crippen molar-refractivity contribution in [1.29, 1.82) is 0 Å². The molecule has 10 heteroatoms. The molecule has 0 unspecified atom stereocenters. The summed E-state index contributed by atoms with van der Waals surface area (Å²) in [4.78, 5) is 11.7. The molecule has 0 spiro atoms. The third-order valence-corrected chi connectivity index (χ3v) is 6.40. The quantitative estimate of drug-likeness (QED) is 0.478. The van der Waals surface area contributed by atoms with Gasteiger partial charge in [0.2, 0.25) is 11.8 Å². The Morgan fingerprint density at radius 1 is 1.18 bits per heavy atom. The normalized spacial score (nSPS) is 23.5. The molecule has 2 fully saturated rings. The van der Waals surface area contributed by atoms with Gasteiger partial charge in [0.05, 0.1) is 38.4 Å². The fraction of sp³-hybridized carbons (Fsp3) is 0.500. The second kappa shape index (κ2) is 9.85. The maximum atomic E-state index is 10.4. The van der Waals surface area contributed by atoms with Crippen LogP contribution in [0.2, 0.25) is 0 Å². The number of hydrogen-bond acceptors (Lipinski definition) is 9. The van der Waals surface area contributed by atoms with Gasteiger partial charge in [0, 0.05) is 37.4 Å². The van der Waals surface area contributed by atoms with Crippen LogP contribution in [0.1, 0.15) is 23.9 Å². The van der Waals surface area contributed by atoms with Crippen molar-refractivity contribution in [2.24, 2.45) is 0 Å². The number of hydrogen-bond donors (Lipinski definition) is 3. The average Bonchev–Trinajstić information content (AvgIpc) is 3.39. The Bertz CT molecular complexity index is 1130. The Labute approximate surface area is 198 Å². The van der Waals surface area contributed by atoms with Gasteiger partial charge in [-0.1, -0.05) is 17.7 Å². The summed E-state index contributed by atoms with van der Waals surface area (Å²) in [5.41, 5.74) is 3.66. The van der Waals surface area contributed by atoms with Crippen LogP contribution in [0.3, 0.4) is 0 Å². The number of aliphatic hydroxyl groups excluding tert-OH is 2. The number of anilines is 2. The summed E-state index contributed by atoms with van der Waals surface area (Å²) in [6, 6.07) is 10.0. The Morgan fingerprint density at radius 2 is 1.94 bits per heavy atom. The molecule has 5 rings (SSSR count). The molecule has 0 bridgehead atoms. The maximum Gasteiger partial charge on any atom is 0.232 e. The van der Waals surface area contributed by atoms with Gasteiger partial charge < -0.3 is 34.3 Å². The molecule has 182 valence electrons. The number of benzene rings is 1. The van der Waals surface area contributed by atoms with Gasteiger partial charge in [-0.2, -0.15) is 9.97 Å². The van der Waals surface area contributed by atoms with E-state index < -0.39 is 18.4 Å². The van der Waals surface area contributed by atoms with Crippen LogP contribution in [-0.2, 0) is 16.0 Å². The SMILES string of the molecule is COc1nc(Nc2ccc(C)cc2)nc2c1cc(CN1CCOCC1)n2[C@H]1C[C@H](O)[C@@H](CO)O1. The van der Waals surface area contributed by atoms with E-state index in [4.69, 9.17) is 19.2 Å². The summed E-state index contributed by atoms with van der Waals surface area (Å²) in [6.45, 7) is 5.51. The van der Waals surface area contributed by atoms with E-state index in [-0.39, 0.29) is 6.61 Å². The first-order valence-electron chi connectivity index (χ1n) is 11.6. The highest BCUT2D eigenvalue weighted by molar-refractivity contribution is 5.84. The van der Waals surface area contributed by atoms with Gasteiger partial charge in [0.15, 0.2) is 5.65 Å². The number of aryl methyl sites for hydroxylation is 1. The van der Waals surface area contributed by atoms with E-state index in [0.29, 0.717) is 43.7 Å². The van der Waals surface area contributed by atoms with Crippen molar-refractivity contribution in [3.05, 3.63) is 41.6 Å². The van der Waals surface area contributed by atoms with Crippen molar-refractivity contribution in [2.45, 2.75) is 38.3 Å². The number of morpholine rings is 1. The lowest BCUT2D eigenvalue weighted by atomic mass is 10.2. The van der Waals surface area contributed by atoms with Gasteiger partial charge in [-0.25, -0.2) is 0 Å². The number of methoxy groups -OCH3 is 1. The zero-order valence-electron chi connectivity index (χ0n) is 19.5. The Morgan fingerprint density at radius 3 is 2.62 bits per heavy atom. The monoisotopic (exact) mass is 469 g/mol. The standard InChI is InChI=1S/C24H31N5O5/c1-15-3-5-16(6-4-15)25-24-26-22-18(23(27-24)32-2)11-17(13-28-7-9-33-10-8-28)29(22)21-12-19(31)20(14-30)34-21/h3-6,11,19-21,30-31H,7-10,12-14H2,1-2H3,(H,25,26,27)/t19-,20+,21+/m0/s1. The minimum atomic E-state index is -0.752. The van der Waals surface area contributed by atoms with Crippen LogP contribution < -0.4 is 10.1 Å². The molecule has 34 heavy (non-hydrogen) atoms. The molecule has 0 saturated carbocycles. The summed E-state index contributed by atoms with van der Waals surface area (Å²) in [6.07, 6.45) is -1.49. The van der Waals surface area contributed by atoms with E-state index in [1.165, 1.54) is 0 Å². The molecule has 3 N–H and O–H groups in total. The molecular formula is C24H31N5O5. The molecule has 10 nitrogen and oxygen atoms in total. The molecule has 1 aromatic carbocycles. The van der Waals surface area contributed by atoms with E-state index in [2.05, 4.69) is 15.2 Å². The predicted octanol–water partition coefficient (Wildman–Crippen LogP) is 1.96. The summed E-state index contributed by atoms with van der Waals surface area (Å²) in [7, 11) is 1.59. The molecule has 3 atom stereocenters. The van der Waals surface area contributed by atoms with Crippen LogP contribution in [0.25, 0.3) is 11.0 Å². The first-order valence-corrected chi connectivity index (χ1v) is 11.6. The summed E-state index contributed by atoms with van der Waals surface area (Å²) >= 11 is 0. The topological polar surface area (TPSA) is 114 Å². The van der Waals surface area contributed by atoms with Crippen LogP contribution in [0.5, 0.6) is 5.88 Å². The molecule has 2 saturated heterocycles. The number of ether oxygens (including phenoxy) is 3. The molecule has 3 aromatic rings. The predicted molar refractivity (Wildman–Crippen MR) is 126 cm³/mol. The van der Waals surface area contributed by atoms with Crippen molar-refractivity contribution in [3.63, 3.8) is 0 Å². The number of aliphatic hydroxyl groups is 2. The minimum absolute atomic E-state index is 0.242. The van der Waals surface area contributed by atoms with Crippen LogP contribution in [-0.4, -0.2) is 81.9 Å². The summed E-state index contributed by atoms with van der Waals surface area (Å²) in [5, 5.41) is 24.1. The van der Waals surface area contributed by atoms with Gasteiger partial charge in [0.25, 0.3) is 0 Å². The Balaban J connectivity index is 1.57. The van der Waals surface area contributed by atoms with Gasteiger partial charge in [0.1, 0.15) is 12.3 Å². The second-order valence-corrected chi connectivity index (χ2v) is 8.79. The molecular weight excluding hydrogens is 438 g/mol. The number of nitrogens with one attached hydrogen (secondary N) is 1. The molecule has 0 radical (unpaired) electrons. The smallest absolute Gasteiger partial charge is 0.232 e. The van der Waals surface area contributed by atoms with E-state index in [0.717, 1.165) is 35.4 Å². The highest BCUT2D eigenvalue weighted by Crippen LogP contribution is 2.37. The zero-order valence-corrected chi connectivity index (χ0v) is 19.5. The molecule has 2 aliphatic heterocycles. The van der Waals surface area contributed by atoms with Crippen molar-refractivity contribution < 1.29 is 24.4 Å². The van der Waals surface area contributed by atoms with E-state index >= 15 is 0 Å². The summed E-state index contributed by atoms with van der Waals surface area (Å²) < 4.78 is 19.2. The molecule has 2 aromatic heterocycles. The van der Waals surface area contributed by atoms with Gasteiger partial charge in [-0.3, -0.25) is 4.90 Å². The average molecular weight is 470 g/mol. The lowest BCUT2D eigenvalue weighted by molar-refractivity contribution is -0.0447. The van der Waals surface area contributed by atoms with Crippen LogP contribution in [0.15, 0.2) is 30.3 Å². The van der Waals surface area contributed by atoms with Crippen LogP contribution in [0, 0.1) is 6.92 Å². The summed E-state index contributed by atoms with van der Waals surface area (Å²) in [5.74, 6) is 0.863. The Kier molecular flexibility index (Phi) is 6.66. The lowest BCUT2D eigenvalue weighted by Crippen LogP contribution is -2.36. The van der Waals surface area contributed by atoms with Crippen molar-refractivity contribution in [3.8, 4) is 5.88 Å². The first-order chi connectivity index (χ1) is 16.6. The fourth-order valence-corrected chi connectivity index (χ4v) is 4.57. The van der Waals surface area contributed by atoms with E-state index in [1.54, 1.807) is 7.11 Å². The fourth-order valence-electron chi connectivity index (χ4n) is 4.57. The molecule has 4 heterocycles. The van der Waals surface area contributed by atoms with Crippen molar-refractivity contribution in [1.82, 2.24) is 19.4 Å². The van der Waals surface area contributed by atoms with Crippen LogP contribution in [0.4, 0.5) is 11.6 Å². The van der Waals surface area contributed by atoms with Gasteiger partial charge in [-0.05, 0) is 25.1 Å². The maximum absolute atomic E-state index is 10.4. The van der Waals surface area contributed by atoms with Crippen molar-refractivity contribution >= 4 is 22.7 Å². The van der Waals surface area contributed by atoms with Gasteiger partial charge in [-0.15, -0.1) is 0 Å². The number of aromatic nitrogens is 3. The second-order valence-electron chi connectivity index (χ2n) is 8.79. The lowest BCUT2D eigenvalue weighted by Gasteiger charge is -2.28.